The van der Waals surface area contributed by atoms with Gasteiger partial charge in [0, 0.05) is 0 Å². The van der Waals surface area contributed by atoms with Gasteiger partial charge in [-0.3, -0.25) is 0 Å². The smallest absolute Gasteiger partial charge is 0.379 e. The second kappa shape index (κ2) is 11.4. The molecular weight excluding hydrogens is 485 g/mol. The van der Waals surface area contributed by atoms with E-state index in [4.69, 9.17) is 27.8 Å². The normalized spacial score (nSPS) is 16.9. The predicted molar refractivity (Wildman–Crippen MR) is 145 cm³/mol. The molecule has 0 radical (unpaired) electrons. The molecule has 0 aliphatic rings. The van der Waals surface area contributed by atoms with Crippen molar-refractivity contribution < 1.29 is 32.6 Å². The Bertz CT molecular complexity index is 874. The van der Waals surface area contributed by atoms with Crippen LogP contribution in [0, 0.1) is 5.92 Å². The summed E-state index contributed by atoms with van der Waals surface area (Å²) in [7, 11) is 0.634. The van der Waals surface area contributed by atoms with E-state index in [0.717, 1.165) is 0 Å². The minimum atomic E-state index is -2.16. The number of hydrogen-bond donors (Lipinski definition) is 0. The van der Waals surface area contributed by atoms with Crippen LogP contribution in [0.2, 0.25) is 39.3 Å². The van der Waals surface area contributed by atoms with Gasteiger partial charge in [-0.05, 0) is 64.3 Å². The first-order chi connectivity index (χ1) is 15.4. The Morgan fingerprint density at radius 2 is 1.44 bits per heavy atom. The van der Waals surface area contributed by atoms with Crippen molar-refractivity contribution in [1.29, 1.82) is 0 Å². The molecule has 10 heteroatoms. The van der Waals surface area contributed by atoms with E-state index in [-0.39, 0.29) is 17.4 Å². The maximum atomic E-state index is 13.7. The summed E-state index contributed by atoms with van der Waals surface area (Å²) in [5.74, 6) is 0.0487. The SMILES string of the molecule is COC(C(=O)OC([SiH3])(O[Si](C)(C)C)C(C)(O[Si](C)(C)C)C(C)C)=C(OC)c1ccccc1OC. The molecule has 194 valence electrons. The Morgan fingerprint density at radius 1 is 0.912 bits per heavy atom. The number of rotatable bonds is 12. The molecule has 0 saturated heterocycles. The molecule has 34 heavy (non-hydrogen) atoms. The first kappa shape index (κ1) is 30.4. The van der Waals surface area contributed by atoms with E-state index in [1.54, 1.807) is 19.2 Å². The number of carbonyl (C=O) groups excluding carboxylic acids is 1. The Morgan fingerprint density at radius 3 is 1.85 bits per heavy atom. The number of benzene rings is 1. The van der Waals surface area contributed by atoms with Crippen molar-refractivity contribution in [2.45, 2.75) is 71.1 Å². The monoisotopic (exact) mass is 528 g/mol. The molecule has 2 atom stereocenters. The highest BCUT2D eigenvalue weighted by molar-refractivity contribution is 6.70. The molecule has 7 nitrogen and oxygen atoms in total. The highest BCUT2D eigenvalue weighted by atomic mass is 28.4. The van der Waals surface area contributed by atoms with E-state index in [2.05, 4.69) is 53.1 Å². The Kier molecular flexibility index (Phi) is 10.2. The van der Waals surface area contributed by atoms with Crippen molar-refractivity contribution in [2.75, 3.05) is 21.3 Å². The minimum absolute atomic E-state index is 0.0203. The zero-order valence-electron chi connectivity index (χ0n) is 23.2. The summed E-state index contributed by atoms with van der Waals surface area (Å²) >= 11 is 0. The van der Waals surface area contributed by atoms with Gasteiger partial charge in [-0.2, -0.15) is 0 Å². The minimum Gasteiger partial charge on any atom is -0.496 e. The number of esters is 1. The van der Waals surface area contributed by atoms with Crippen LogP contribution in [0.3, 0.4) is 0 Å². The van der Waals surface area contributed by atoms with Gasteiger partial charge in [0.05, 0.1) is 37.1 Å². The van der Waals surface area contributed by atoms with Crippen molar-refractivity contribution in [3.63, 3.8) is 0 Å². The van der Waals surface area contributed by atoms with Crippen LogP contribution >= 0.6 is 0 Å². The van der Waals surface area contributed by atoms with Crippen LogP contribution in [0.4, 0.5) is 0 Å². The highest BCUT2D eigenvalue weighted by Crippen LogP contribution is 2.40. The second-order valence-electron chi connectivity index (χ2n) is 10.8. The van der Waals surface area contributed by atoms with Crippen LogP contribution in [-0.2, 0) is 27.9 Å². The number of methoxy groups -OCH3 is 3. The second-order valence-corrected chi connectivity index (χ2v) is 21.0. The van der Waals surface area contributed by atoms with Gasteiger partial charge in [0.15, 0.2) is 22.4 Å². The third-order valence-electron chi connectivity index (χ3n) is 5.46. The van der Waals surface area contributed by atoms with Crippen molar-refractivity contribution in [3.05, 3.63) is 35.6 Å². The van der Waals surface area contributed by atoms with E-state index in [9.17, 15) is 4.79 Å². The lowest BCUT2D eigenvalue weighted by Crippen LogP contribution is -2.66. The molecule has 0 spiro atoms. The molecule has 1 aromatic rings. The molecule has 0 aliphatic heterocycles. The summed E-state index contributed by atoms with van der Waals surface area (Å²) in [5.41, 5.74) is -1.51. The lowest BCUT2D eigenvalue weighted by Gasteiger charge is -2.52. The largest absolute Gasteiger partial charge is 0.496 e. The fourth-order valence-corrected chi connectivity index (χ4v) is 9.84. The molecule has 0 bridgehead atoms. The number of ether oxygens (including phenoxy) is 4. The van der Waals surface area contributed by atoms with Gasteiger partial charge >= 0.3 is 5.97 Å². The van der Waals surface area contributed by atoms with Crippen LogP contribution in [-0.4, -0.2) is 65.2 Å². The summed E-state index contributed by atoms with van der Waals surface area (Å²) in [4.78, 5) is 13.7. The summed E-state index contributed by atoms with van der Waals surface area (Å²) in [5, 5.41) is 0. The van der Waals surface area contributed by atoms with Gasteiger partial charge in [-0.25, -0.2) is 4.79 Å². The van der Waals surface area contributed by atoms with Crippen LogP contribution < -0.4 is 4.74 Å². The number of carbonyl (C=O) groups is 1. The summed E-state index contributed by atoms with van der Waals surface area (Å²) in [6.07, 6.45) is 0. The Hall–Kier alpha value is -1.60. The van der Waals surface area contributed by atoms with Gasteiger partial charge in [0.25, 0.3) is 0 Å². The van der Waals surface area contributed by atoms with E-state index in [1.807, 2.05) is 19.1 Å². The van der Waals surface area contributed by atoms with Crippen molar-refractivity contribution in [2.24, 2.45) is 5.92 Å². The van der Waals surface area contributed by atoms with Crippen LogP contribution in [0.15, 0.2) is 30.0 Å². The fraction of sp³-hybridized carbons (Fsp3) is 0.625. The Labute approximate surface area is 210 Å². The topological polar surface area (TPSA) is 72.5 Å². The van der Waals surface area contributed by atoms with Gasteiger partial charge in [0.1, 0.15) is 11.4 Å². The third kappa shape index (κ3) is 7.45. The van der Waals surface area contributed by atoms with Crippen LogP contribution in [0.25, 0.3) is 5.76 Å². The quantitative estimate of drug-likeness (QED) is 0.131. The standard InChI is InChI=1S/C24H44O7Si3/c1-17(2)23(3,30-33(7,8)9)24(32,31-34(10,11)12)29-22(25)21(28-6)20(27-5)18-15-13-14-16-19(18)26-4/h13-17H,1-12,32H3. The van der Waals surface area contributed by atoms with Crippen molar-refractivity contribution >= 4 is 38.6 Å². The van der Waals surface area contributed by atoms with Crippen molar-refractivity contribution in [1.82, 2.24) is 0 Å². The lowest BCUT2D eigenvalue weighted by atomic mass is 9.91. The average molecular weight is 529 g/mol. The predicted octanol–water partition coefficient (Wildman–Crippen LogP) is 4.34. The van der Waals surface area contributed by atoms with Gasteiger partial charge in [-0.15, -0.1) is 0 Å². The van der Waals surface area contributed by atoms with Gasteiger partial charge < -0.3 is 27.8 Å². The molecule has 0 heterocycles. The van der Waals surface area contributed by atoms with E-state index in [0.29, 0.717) is 21.6 Å². The summed E-state index contributed by atoms with van der Waals surface area (Å²) < 4.78 is 36.2. The molecule has 0 fully saturated rings. The zero-order valence-corrected chi connectivity index (χ0v) is 27.2. The maximum absolute atomic E-state index is 13.7. The van der Waals surface area contributed by atoms with Crippen molar-refractivity contribution in [3.8, 4) is 5.75 Å². The summed E-state index contributed by atoms with van der Waals surface area (Å²) in [6.45, 7) is 18.7. The number of hydrogen-bond acceptors (Lipinski definition) is 7. The molecule has 0 N–H and O–H groups in total. The average Bonchev–Trinajstić information content (AvgIpc) is 2.68. The molecular formula is C24H44O7Si3. The molecule has 1 rings (SSSR count). The van der Waals surface area contributed by atoms with Gasteiger partial charge in [-0.1, -0.05) is 26.0 Å². The zero-order chi connectivity index (χ0) is 26.5. The molecule has 0 saturated carbocycles. The summed E-state index contributed by atoms with van der Waals surface area (Å²) in [6, 6.07) is 7.25. The number of para-hydroxylation sites is 1. The van der Waals surface area contributed by atoms with E-state index < -0.39 is 33.6 Å². The third-order valence-corrected chi connectivity index (χ3v) is 9.31. The van der Waals surface area contributed by atoms with Crippen LogP contribution in [0.1, 0.15) is 26.3 Å². The highest BCUT2D eigenvalue weighted by Gasteiger charge is 2.55. The molecule has 0 aliphatic carbocycles. The van der Waals surface area contributed by atoms with Gasteiger partial charge in [0.2, 0.25) is 11.2 Å². The Balaban J connectivity index is 3.68. The fourth-order valence-electron chi connectivity index (χ4n) is 3.83. The molecule has 1 aromatic carbocycles. The van der Waals surface area contributed by atoms with Crippen LogP contribution in [0.5, 0.6) is 5.75 Å². The first-order valence-electron chi connectivity index (χ1n) is 11.5. The molecule has 0 aromatic heterocycles. The molecule has 2 unspecified atom stereocenters. The maximum Gasteiger partial charge on any atom is 0.379 e. The first-order valence-corrected chi connectivity index (χ1v) is 19.4. The van der Waals surface area contributed by atoms with E-state index in [1.165, 1.54) is 14.2 Å². The van der Waals surface area contributed by atoms with E-state index >= 15 is 0 Å². The lowest BCUT2D eigenvalue weighted by molar-refractivity contribution is -0.231. The molecule has 0 amide bonds.